The Kier molecular flexibility index (Phi) is 4.69. The summed E-state index contributed by atoms with van der Waals surface area (Å²) in [4.78, 5) is 11.6. The lowest BCUT2D eigenvalue weighted by atomic mass is 9.94. The number of carbonyl (C=O) groups excluding carboxylic acids is 1. The van der Waals surface area contributed by atoms with Gasteiger partial charge >= 0.3 is 0 Å². The predicted octanol–water partition coefficient (Wildman–Crippen LogP) is 3.05. The molecule has 0 spiro atoms. The van der Waals surface area contributed by atoms with E-state index in [9.17, 15) is 4.79 Å². The number of amides is 1. The van der Waals surface area contributed by atoms with Gasteiger partial charge in [0.1, 0.15) is 0 Å². The number of nitrogens with one attached hydrogen (secondary N) is 1. The maximum Gasteiger partial charge on any atom is 0.230 e. The summed E-state index contributed by atoms with van der Waals surface area (Å²) in [7, 11) is 0. The molecule has 16 heavy (non-hydrogen) atoms. The Morgan fingerprint density at radius 3 is 2.75 bits per heavy atom. The maximum atomic E-state index is 11.6. The Bertz CT molecular complexity index is 379. The molecule has 0 bridgehead atoms. The molecular weight excluding hydrogens is 242 g/mol. The summed E-state index contributed by atoms with van der Waals surface area (Å²) in [6.07, 6.45) is 1.91. The number of rotatable bonds is 4. The summed E-state index contributed by atoms with van der Waals surface area (Å²) >= 11 is 7.44. The van der Waals surface area contributed by atoms with Gasteiger partial charge < -0.3 is 5.32 Å². The normalized spacial score (nSPS) is 11.2. The first-order valence-corrected chi connectivity index (χ1v) is 6.79. The second-order valence-corrected chi connectivity index (χ2v) is 5.42. The van der Waals surface area contributed by atoms with E-state index in [4.69, 9.17) is 11.6 Å². The first kappa shape index (κ1) is 13.4. The third-order valence-electron chi connectivity index (χ3n) is 2.27. The van der Waals surface area contributed by atoms with Crippen LogP contribution in [0.5, 0.6) is 0 Å². The van der Waals surface area contributed by atoms with Gasteiger partial charge in [0, 0.05) is 5.02 Å². The smallest absolute Gasteiger partial charge is 0.230 e. The molecule has 0 unspecified atom stereocenters. The van der Waals surface area contributed by atoms with Crippen molar-refractivity contribution in [2.45, 2.75) is 19.4 Å². The largest absolute Gasteiger partial charge is 0.346 e. The van der Waals surface area contributed by atoms with E-state index in [2.05, 4.69) is 5.32 Å². The fourth-order valence-corrected chi connectivity index (χ4v) is 1.99. The number of carbonyl (C=O) groups is 1. The zero-order valence-electron chi connectivity index (χ0n) is 9.71. The third kappa shape index (κ3) is 3.72. The van der Waals surface area contributed by atoms with E-state index >= 15 is 0 Å². The molecule has 0 fully saturated rings. The van der Waals surface area contributed by atoms with E-state index in [-0.39, 0.29) is 5.91 Å². The number of thioether (sulfide) groups is 1. The van der Waals surface area contributed by atoms with Gasteiger partial charge in [-0.3, -0.25) is 4.79 Å². The van der Waals surface area contributed by atoms with E-state index in [1.165, 1.54) is 11.8 Å². The number of hydrogen-bond acceptors (Lipinski definition) is 2. The van der Waals surface area contributed by atoms with Gasteiger partial charge in [0.15, 0.2) is 0 Å². The van der Waals surface area contributed by atoms with Crippen LogP contribution in [-0.4, -0.2) is 17.9 Å². The highest BCUT2D eigenvalue weighted by Crippen LogP contribution is 2.22. The fraction of sp³-hybridized carbons (Fsp3) is 0.417. The molecule has 0 aliphatic carbocycles. The molecule has 1 N–H and O–H groups in total. The molecule has 4 heteroatoms. The molecule has 1 aromatic carbocycles. The summed E-state index contributed by atoms with van der Waals surface area (Å²) in [5.41, 5.74) is 0.618. The molecular formula is C12H16ClNOS. The minimum absolute atomic E-state index is 0.0393. The van der Waals surface area contributed by atoms with Gasteiger partial charge in [0.2, 0.25) is 5.91 Å². The van der Waals surface area contributed by atoms with Gasteiger partial charge in [-0.2, -0.15) is 11.8 Å². The van der Waals surface area contributed by atoms with Gasteiger partial charge in [-0.1, -0.05) is 23.7 Å². The van der Waals surface area contributed by atoms with Gasteiger partial charge in [-0.15, -0.1) is 0 Å². The van der Waals surface area contributed by atoms with Crippen LogP contribution < -0.4 is 5.32 Å². The van der Waals surface area contributed by atoms with Crippen molar-refractivity contribution >= 4 is 29.3 Å². The first-order valence-electron chi connectivity index (χ1n) is 5.01. The van der Waals surface area contributed by atoms with Crippen LogP contribution in [0.15, 0.2) is 24.3 Å². The SMILES string of the molecule is CSCC(=O)NC(C)(C)c1cccc(Cl)c1. The highest BCUT2D eigenvalue weighted by molar-refractivity contribution is 7.99. The maximum absolute atomic E-state index is 11.6. The van der Waals surface area contributed by atoms with Crippen molar-refractivity contribution in [3.63, 3.8) is 0 Å². The summed E-state index contributed by atoms with van der Waals surface area (Å²) in [5.74, 6) is 0.516. The summed E-state index contributed by atoms with van der Waals surface area (Å²) in [6, 6.07) is 7.55. The van der Waals surface area contributed by atoms with E-state index in [0.717, 1.165) is 5.56 Å². The van der Waals surface area contributed by atoms with Crippen molar-refractivity contribution in [3.05, 3.63) is 34.9 Å². The van der Waals surface area contributed by atoms with Crippen molar-refractivity contribution in [1.82, 2.24) is 5.32 Å². The van der Waals surface area contributed by atoms with Crippen LogP contribution in [0, 0.1) is 0 Å². The minimum Gasteiger partial charge on any atom is -0.346 e. The summed E-state index contributed by atoms with van der Waals surface area (Å²) < 4.78 is 0. The first-order chi connectivity index (χ1) is 7.45. The standard InChI is InChI=1S/C12H16ClNOS/c1-12(2,14-11(15)8-16-3)9-5-4-6-10(13)7-9/h4-7H,8H2,1-3H3,(H,14,15). The molecule has 88 valence electrons. The van der Waals surface area contributed by atoms with Gasteiger partial charge in [-0.05, 0) is 37.8 Å². The molecule has 1 amide bonds. The van der Waals surface area contributed by atoms with Crippen LogP contribution in [0.1, 0.15) is 19.4 Å². The average molecular weight is 258 g/mol. The highest BCUT2D eigenvalue weighted by Gasteiger charge is 2.22. The third-order valence-corrected chi connectivity index (χ3v) is 3.06. The Labute approximate surface area is 106 Å². The lowest BCUT2D eigenvalue weighted by Gasteiger charge is -2.27. The molecule has 1 aromatic rings. The zero-order valence-corrected chi connectivity index (χ0v) is 11.3. The summed E-state index contributed by atoms with van der Waals surface area (Å²) in [6.45, 7) is 3.94. The topological polar surface area (TPSA) is 29.1 Å². The van der Waals surface area contributed by atoms with Crippen LogP contribution in [0.4, 0.5) is 0 Å². The second kappa shape index (κ2) is 5.60. The summed E-state index contributed by atoms with van der Waals surface area (Å²) in [5, 5.41) is 3.67. The molecule has 0 aliphatic heterocycles. The second-order valence-electron chi connectivity index (χ2n) is 4.12. The molecule has 1 rings (SSSR count). The van der Waals surface area contributed by atoms with E-state index in [1.54, 1.807) is 0 Å². The molecule has 0 saturated carbocycles. The van der Waals surface area contributed by atoms with Gasteiger partial charge in [0.05, 0.1) is 11.3 Å². The van der Waals surface area contributed by atoms with Crippen LogP contribution in [-0.2, 0) is 10.3 Å². The fourth-order valence-electron chi connectivity index (χ4n) is 1.47. The number of benzene rings is 1. The van der Waals surface area contributed by atoms with Crippen molar-refractivity contribution in [2.75, 3.05) is 12.0 Å². The molecule has 0 heterocycles. The molecule has 0 radical (unpaired) electrons. The van der Waals surface area contributed by atoms with Crippen molar-refractivity contribution in [3.8, 4) is 0 Å². The lowest BCUT2D eigenvalue weighted by Crippen LogP contribution is -2.41. The number of halogens is 1. The molecule has 2 nitrogen and oxygen atoms in total. The van der Waals surface area contributed by atoms with Crippen LogP contribution in [0.25, 0.3) is 0 Å². The zero-order chi connectivity index (χ0) is 12.2. The lowest BCUT2D eigenvalue weighted by molar-refractivity contribution is -0.120. The van der Waals surface area contributed by atoms with Crippen LogP contribution in [0.3, 0.4) is 0 Å². The Morgan fingerprint density at radius 2 is 2.19 bits per heavy atom. The molecule has 0 saturated heterocycles. The number of hydrogen-bond donors (Lipinski definition) is 1. The minimum atomic E-state index is -0.391. The van der Waals surface area contributed by atoms with Crippen LogP contribution >= 0.6 is 23.4 Å². The van der Waals surface area contributed by atoms with E-state index in [0.29, 0.717) is 10.8 Å². The van der Waals surface area contributed by atoms with E-state index < -0.39 is 5.54 Å². The van der Waals surface area contributed by atoms with E-state index in [1.807, 2.05) is 44.4 Å². The molecule has 0 atom stereocenters. The quantitative estimate of drug-likeness (QED) is 0.898. The monoisotopic (exact) mass is 257 g/mol. The van der Waals surface area contributed by atoms with Gasteiger partial charge in [0.25, 0.3) is 0 Å². The van der Waals surface area contributed by atoms with Crippen molar-refractivity contribution < 1.29 is 4.79 Å². The Morgan fingerprint density at radius 1 is 1.50 bits per heavy atom. The van der Waals surface area contributed by atoms with Crippen molar-refractivity contribution in [2.24, 2.45) is 0 Å². The Hall–Kier alpha value is -0.670. The molecule has 0 aliphatic rings. The Balaban J connectivity index is 2.81. The van der Waals surface area contributed by atoms with Crippen LogP contribution in [0.2, 0.25) is 5.02 Å². The van der Waals surface area contributed by atoms with Crippen molar-refractivity contribution in [1.29, 1.82) is 0 Å². The van der Waals surface area contributed by atoms with Gasteiger partial charge in [-0.25, -0.2) is 0 Å². The average Bonchev–Trinajstić information content (AvgIpc) is 2.17. The predicted molar refractivity (Wildman–Crippen MR) is 71.0 cm³/mol. The molecule has 0 aromatic heterocycles. The highest BCUT2D eigenvalue weighted by atomic mass is 35.5.